The summed E-state index contributed by atoms with van der Waals surface area (Å²) >= 11 is 3.78. The zero-order valence-corrected chi connectivity index (χ0v) is 80.9. The molecule has 5 atom stereocenters. The van der Waals surface area contributed by atoms with Crippen molar-refractivity contribution in [3.8, 4) is 18.0 Å². The van der Waals surface area contributed by atoms with Crippen LogP contribution in [0, 0.1) is 40.5 Å². The van der Waals surface area contributed by atoms with Gasteiger partial charge in [-0.1, -0.05) is 89.8 Å². The number of likely N-dealkylation sites (N-methyl/N-ethyl adjacent to an activating group) is 3. The Kier molecular flexibility index (Phi) is 33.0. The van der Waals surface area contributed by atoms with E-state index in [1.807, 2.05) is 36.2 Å². The Hall–Kier alpha value is -11.8. The maximum atomic E-state index is 13.1. The number of likely N-dealkylation sites (tertiary alicyclic amines) is 2. The standard InChI is InChI=1S/C35H44N8O3.C32H36BrN7O2.C31H39N9O2.2H2S/c1-25-10-7-11-26-12-8-13-30(33(25)26)41-18-15-28-29(24-41)37-35(46-21-16-31(44)40(5)6)38-34(28)42-19-20-43(27(23-42)22-36-2)32(45)14-9-17-39(3)4;1-4-29(41)40-17-16-39(19-24(40)18-34-2)31-25-13-15-38(28-12-6-9-22-8-5-11-26(33)30(22)28)20-27(25)35-32(36-31)42-21-23-10-7-14-37(23)3;1-6-28(41)40-13-12-39(17-23(40)15-32-4)30-24-9-11-38(29-21(3)20(2)14-26-25(29)16-33-36-26)18-27(24)34-31(35-30)42-19-22-8-7-10-37(22)5;;/h7-14,27H,15-24H2,1,3-6H3;4-6,8-9,11-12,23-24H,1,7,10,13-21H2,3H3;6,14,16,22-23H,1,7-13,15,17-19H2,2-3,5H3,(H,33,36);2*1H2/b14-9+;;;;/t27-;23-,24-;22-,23-;;/m000../s1. The minimum atomic E-state index is -0.269. The highest BCUT2D eigenvalue weighted by Gasteiger charge is 2.40. The quantitative estimate of drug-likeness (QED) is 0.0435. The van der Waals surface area contributed by atoms with Gasteiger partial charge in [0.2, 0.25) is 43.3 Å². The Labute approximate surface area is 797 Å². The monoisotopic (exact) mass is 1890 g/mol. The van der Waals surface area contributed by atoms with Crippen LogP contribution in [0.5, 0.6) is 18.0 Å². The summed E-state index contributed by atoms with van der Waals surface area (Å²) < 4.78 is 19.7. The number of hydrogen-bond donors (Lipinski definition) is 1. The van der Waals surface area contributed by atoms with Crippen molar-refractivity contribution in [2.45, 2.75) is 122 Å². The van der Waals surface area contributed by atoms with Gasteiger partial charge in [0.15, 0.2) is 0 Å². The molecule has 17 rings (SSSR count). The Morgan fingerprint density at radius 2 is 0.970 bits per heavy atom. The summed E-state index contributed by atoms with van der Waals surface area (Å²) in [5.41, 5.74) is 14.4. The lowest BCUT2D eigenvalue weighted by molar-refractivity contribution is -0.129. The number of aromatic nitrogens is 8. The van der Waals surface area contributed by atoms with E-state index in [9.17, 15) is 19.2 Å². The first-order valence-electron chi connectivity index (χ1n) is 45.2. The molecular formula is C98H123BrN24O7S2. The number of benzene rings is 5. The van der Waals surface area contributed by atoms with Gasteiger partial charge in [-0.25, -0.2) is 19.7 Å². The van der Waals surface area contributed by atoms with Crippen LogP contribution in [0.25, 0.3) is 47.0 Å². The average molecular weight is 1890 g/mol. The van der Waals surface area contributed by atoms with Crippen molar-refractivity contribution >= 4 is 134 Å². The molecule has 31 nitrogen and oxygen atoms in total. The molecule has 0 unspecified atom stereocenters. The molecule has 0 saturated carbocycles. The molecule has 5 saturated heterocycles. The number of ether oxygens (including phenoxy) is 3. The lowest BCUT2D eigenvalue weighted by atomic mass is 9.99. The second-order valence-electron chi connectivity index (χ2n) is 35.4. The molecule has 0 aliphatic carbocycles. The Morgan fingerprint density at radius 3 is 1.42 bits per heavy atom. The van der Waals surface area contributed by atoms with Gasteiger partial charge in [-0.05, 0) is 171 Å². The fourth-order valence-electron chi connectivity index (χ4n) is 19.4. The number of rotatable bonds is 24. The van der Waals surface area contributed by atoms with Crippen molar-refractivity contribution in [1.82, 2.24) is 74.4 Å². The van der Waals surface area contributed by atoms with Crippen LogP contribution in [0.1, 0.15) is 82.6 Å². The third kappa shape index (κ3) is 22.1. The zero-order valence-electron chi connectivity index (χ0n) is 77.3. The number of carbonyl (C=O) groups excluding carboxylic acids is 4. The predicted octanol–water partition coefficient (Wildman–Crippen LogP) is 11.3. The maximum Gasteiger partial charge on any atom is 0.318 e. The molecule has 0 radical (unpaired) electrons. The molecule has 9 aromatic rings. The maximum absolute atomic E-state index is 13.1. The Balaban J connectivity index is 0.000000167. The van der Waals surface area contributed by atoms with Crippen molar-refractivity contribution in [2.75, 3.05) is 209 Å². The molecule has 4 amide bonds. The van der Waals surface area contributed by atoms with Crippen LogP contribution in [0.15, 0.2) is 127 Å². The van der Waals surface area contributed by atoms with E-state index in [0.717, 1.165) is 131 Å². The number of fused-ring (bicyclic) bond motifs is 6. The highest BCUT2D eigenvalue weighted by atomic mass is 79.9. The minimum Gasteiger partial charge on any atom is -0.463 e. The van der Waals surface area contributed by atoms with Crippen LogP contribution in [0.3, 0.4) is 0 Å². The van der Waals surface area contributed by atoms with Gasteiger partial charge in [-0.3, -0.25) is 24.3 Å². The number of carbonyl (C=O) groups is 4. The number of hydrogen-bond acceptors (Lipinski definition) is 23. The number of nitrogens with one attached hydrogen (secondary N) is 1. The van der Waals surface area contributed by atoms with Gasteiger partial charge in [-0.2, -0.15) is 62.0 Å². The van der Waals surface area contributed by atoms with Gasteiger partial charge in [0.1, 0.15) is 55.4 Å². The molecular weight excluding hydrogens is 1770 g/mol. The summed E-state index contributed by atoms with van der Waals surface area (Å²) in [6.07, 6.45) is 15.1. The molecule has 8 aliphatic heterocycles. The van der Waals surface area contributed by atoms with E-state index in [4.69, 9.17) is 63.8 Å². The van der Waals surface area contributed by atoms with Crippen LogP contribution in [-0.4, -0.2) is 308 Å². The average Bonchev–Trinajstić information content (AvgIpc) is 1.11. The predicted molar refractivity (Wildman–Crippen MR) is 534 cm³/mol. The van der Waals surface area contributed by atoms with E-state index in [-0.39, 0.29) is 107 Å². The number of anilines is 6. The molecule has 696 valence electrons. The lowest BCUT2D eigenvalue weighted by Gasteiger charge is -2.41. The smallest absolute Gasteiger partial charge is 0.318 e. The Morgan fingerprint density at radius 1 is 0.530 bits per heavy atom. The second kappa shape index (κ2) is 44.6. The molecule has 4 aromatic heterocycles. The van der Waals surface area contributed by atoms with Gasteiger partial charge in [0.05, 0.1) is 60.5 Å². The third-order valence-electron chi connectivity index (χ3n) is 26.6. The second-order valence-corrected chi connectivity index (χ2v) is 36.2. The summed E-state index contributed by atoms with van der Waals surface area (Å²) in [4.78, 5) is 118. The largest absolute Gasteiger partial charge is 0.463 e. The first kappa shape index (κ1) is 97.7. The van der Waals surface area contributed by atoms with E-state index >= 15 is 0 Å². The van der Waals surface area contributed by atoms with Crippen LogP contribution in [0.4, 0.5) is 34.5 Å². The van der Waals surface area contributed by atoms with Gasteiger partial charge in [-0.15, -0.1) is 0 Å². The summed E-state index contributed by atoms with van der Waals surface area (Å²) in [5.74, 6) is 2.16. The first-order chi connectivity index (χ1) is 63.0. The number of nitrogens with zero attached hydrogens (tertiary/aromatic N) is 23. The van der Waals surface area contributed by atoms with E-state index in [1.54, 1.807) is 34.9 Å². The molecule has 1 N–H and O–H groups in total. The van der Waals surface area contributed by atoms with Gasteiger partial charge in [0.25, 0.3) is 0 Å². The molecule has 132 heavy (non-hydrogen) atoms. The lowest BCUT2D eigenvalue weighted by Crippen LogP contribution is -2.56. The molecule has 12 heterocycles. The minimum absolute atomic E-state index is 0. The molecule has 5 fully saturated rings. The van der Waals surface area contributed by atoms with Gasteiger partial charge >= 0.3 is 18.0 Å². The van der Waals surface area contributed by atoms with Gasteiger partial charge in [0, 0.05) is 166 Å². The van der Waals surface area contributed by atoms with E-state index in [0.29, 0.717) is 122 Å². The summed E-state index contributed by atoms with van der Waals surface area (Å²) in [7, 11) is 11.6. The van der Waals surface area contributed by atoms with Crippen molar-refractivity contribution in [1.29, 1.82) is 0 Å². The molecule has 0 spiro atoms. The Bertz CT molecular complexity index is 5850. The molecule has 34 heteroatoms. The van der Waals surface area contributed by atoms with Crippen LogP contribution < -0.4 is 43.6 Å². The summed E-state index contributed by atoms with van der Waals surface area (Å²) in [5, 5.41) is 13.4. The topological polar surface area (TPSA) is 257 Å². The zero-order chi connectivity index (χ0) is 91.4. The first-order valence-corrected chi connectivity index (χ1v) is 46.0. The van der Waals surface area contributed by atoms with Crippen molar-refractivity contribution in [3.63, 3.8) is 0 Å². The number of piperazine rings is 3. The highest BCUT2D eigenvalue weighted by molar-refractivity contribution is 9.10. The molecule has 8 aliphatic rings. The molecule has 5 aromatic carbocycles. The normalized spacial score (nSPS) is 19.1. The van der Waals surface area contributed by atoms with E-state index in [2.05, 4.69) is 207 Å². The van der Waals surface area contributed by atoms with E-state index < -0.39 is 0 Å². The van der Waals surface area contributed by atoms with Crippen LogP contribution in [-0.2, 0) is 58.1 Å². The number of halogens is 1. The van der Waals surface area contributed by atoms with Crippen molar-refractivity contribution < 1.29 is 33.4 Å². The van der Waals surface area contributed by atoms with Gasteiger partial charge < -0.3 is 92.4 Å². The third-order valence-corrected chi connectivity index (χ3v) is 27.3. The SMILES string of the molecule is S.S.[C-]#[N+]C[C@H]1CN(c2nc(OCCC(=O)N(C)C)nc3c2CCN(c2cccc4cccc(C)c24)C3)CCN1C(=O)/C=C/CN(C)C.[C-]#[N+]C[C@H]1CN(c2nc(OC[C@@H]3CCCN3C)nc3c2CCN(c2c(C)c(C)cc4[nH]ncc24)C3)CCN1C(=O)C=C.[C-]#[N+]C[C@H]1CN(c2nc(OC[C@@H]3CCCN3C)nc3c2CCN(c2cccc4cccc(Br)c24)C3)CCN1C(=O)C=C. The van der Waals surface area contributed by atoms with Crippen LogP contribution >= 0.6 is 42.9 Å². The van der Waals surface area contributed by atoms with Crippen molar-refractivity contribution in [3.05, 3.63) is 212 Å². The fraction of sp³-hybridized carbons (Fsp3) is 0.469. The molecule has 0 bridgehead atoms. The van der Waals surface area contributed by atoms with Crippen LogP contribution in [0.2, 0.25) is 0 Å². The summed E-state index contributed by atoms with van der Waals surface area (Å²) in [6.45, 7) is 50.4. The number of H-pyrrole nitrogens is 1. The number of amides is 4. The fourth-order valence-corrected chi connectivity index (χ4v) is 20.0. The number of aryl methyl sites for hydroxylation is 2. The highest BCUT2D eigenvalue weighted by Crippen LogP contribution is 2.42. The summed E-state index contributed by atoms with van der Waals surface area (Å²) in [6, 6.07) is 28.7. The van der Waals surface area contributed by atoms with Crippen molar-refractivity contribution in [2.24, 2.45) is 0 Å². The number of aromatic amines is 1. The van der Waals surface area contributed by atoms with E-state index in [1.165, 1.54) is 80.3 Å².